The van der Waals surface area contributed by atoms with Crippen LogP contribution in [0.5, 0.6) is 0 Å². The van der Waals surface area contributed by atoms with Gasteiger partial charge in [-0.25, -0.2) is 4.39 Å². The first-order valence-electron chi connectivity index (χ1n) is 6.08. The lowest BCUT2D eigenvalue weighted by molar-refractivity contribution is 0.0978. The number of benzene rings is 2. The van der Waals surface area contributed by atoms with E-state index in [1.54, 1.807) is 19.1 Å². The van der Waals surface area contributed by atoms with E-state index in [0.717, 1.165) is 6.07 Å². The number of nitriles is 1. The zero-order valence-corrected chi connectivity index (χ0v) is 12.5. The molecule has 1 unspecified atom stereocenters. The second-order valence-electron chi connectivity index (χ2n) is 4.62. The summed E-state index contributed by atoms with van der Waals surface area (Å²) in [6, 6.07) is 10.5. The predicted molar refractivity (Wildman–Crippen MR) is 80.3 cm³/mol. The van der Waals surface area contributed by atoms with Crippen LogP contribution in [0.25, 0.3) is 0 Å². The van der Waals surface area contributed by atoms with Gasteiger partial charge in [0.05, 0.1) is 16.1 Å². The third-order valence-electron chi connectivity index (χ3n) is 2.99. The van der Waals surface area contributed by atoms with E-state index in [2.05, 4.69) is 0 Å². The summed E-state index contributed by atoms with van der Waals surface area (Å²) in [5.41, 5.74) is 1.20. The standard InChI is InChI=1S/C16H10Cl2FNO/c1-9-4-11(6-12(19)5-9)16(21)13(8-20)10-2-3-14(17)15(18)7-10/h2-7,13H,1H3. The Bertz CT molecular complexity index is 732. The lowest BCUT2D eigenvalue weighted by Gasteiger charge is -2.10. The second kappa shape index (κ2) is 6.26. The first kappa shape index (κ1) is 15.5. The molecule has 0 aliphatic carbocycles. The van der Waals surface area contributed by atoms with Gasteiger partial charge in [-0.05, 0) is 48.4 Å². The molecule has 2 nitrogen and oxygen atoms in total. The van der Waals surface area contributed by atoms with E-state index in [9.17, 15) is 14.4 Å². The van der Waals surface area contributed by atoms with Crippen molar-refractivity contribution in [2.45, 2.75) is 12.8 Å². The molecule has 0 aromatic heterocycles. The Morgan fingerprint density at radius 1 is 1.19 bits per heavy atom. The van der Waals surface area contributed by atoms with Gasteiger partial charge in [0.15, 0.2) is 5.78 Å². The summed E-state index contributed by atoms with van der Waals surface area (Å²) in [5, 5.41) is 9.87. The molecule has 0 spiro atoms. The molecular formula is C16H10Cl2FNO. The molecule has 2 aromatic rings. The number of ketones is 1. The fourth-order valence-electron chi connectivity index (χ4n) is 2.02. The van der Waals surface area contributed by atoms with Crippen molar-refractivity contribution in [2.24, 2.45) is 0 Å². The van der Waals surface area contributed by atoms with Gasteiger partial charge < -0.3 is 0 Å². The van der Waals surface area contributed by atoms with Crippen molar-refractivity contribution in [3.05, 3.63) is 69.0 Å². The highest BCUT2D eigenvalue weighted by molar-refractivity contribution is 6.42. The van der Waals surface area contributed by atoms with Gasteiger partial charge in [0, 0.05) is 5.56 Å². The summed E-state index contributed by atoms with van der Waals surface area (Å²) in [6.45, 7) is 1.68. The average molecular weight is 322 g/mol. The van der Waals surface area contributed by atoms with E-state index in [0.29, 0.717) is 16.1 Å². The molecule has 2 aromatic carbocycles. The highest BCUT2D eigenvalue weighted by Gasteiger charge is 2.23. The normalized spacial score (nSPS) is 11.8. The van der Waals surface area contributed by atoms with E-state index in [1.165, 1.54) is 18.2 Å². The number of nitrogens with zero attached hydrogens (tertiary/aromatic N) is 1. The Hall–Kier alpha value is -1.89. The maximum atomic E-state index is 13.4. The van der Waals surface area contributed by atoms with Gasteiger partial charge in [0.2, 0.25) is 0 Å². The lowest BCUT2D eigenvalue weighted by atomic mass is 9.91. The van der Waals surface area contributed by atoms with Crippen LogP contribution in [-0.2, 0) is 0 Å². The van der Waals surface area contributed by atoms with Crippen LogP contribution in [0, 0.1) is 24.1 Å². The minimum atomic E-state index is -1.05. The second-order valence-corrected chi connectivity index (χ2v) is 5.43. The first-order valence-corrected chi connectivity index (χ1v) is 6.84. The molecule has 0 aliphatic rings. The van der Waals surface area contributed by atoms with Gasteiger partial charge in [0.25, 0.3) is 0 Å². The van der Waals surface area contributed by atoms with Crippen molar-refractivity contribution in [3.63, 3.8) is 0 Å². The summed E-state index contributed by atoms with van der Waals surface area (Å²) in [6.07, 6.45) is 0. The van der Waals surface area contributed by atoms with Crippen molar-refractivity contribution in [3.8, 4) is 6.07 Å². The van der Waals surface area contributed by atoms with Crippen LogP contribution in [-0.4, -0.2) is 5.78 Å². The quantitative estimate of drug-likeness (QED) is 0.752. The minimum absolute atomic E-state index is 0.158. The molecule has 0 saturated carbocycles. The Kier molecular flexibility index (Phi) is 4.62. The van der Waals surface area contributed by atoms with E-state index in [1.807, 2.05) is 6.07 Å². The first-order chi connectivity index (χ1) is 9.92. The molecule has 0 radical (unpaired) electrons. The molecule has 106 valence electrons. The Morgan fingerprint density at radius 2 is 1.90 bits per heavy atom. The van der Waals surface area contributed by atoms with Crippen molar-refractivity contribution < 1.29 is 9.18 Å². The largest absolute Gasteiger partial charge is 0.292 e. The van der Waals surface area contributed by atoms with Crippen molar-refractivity contribution >= 4 is 29.0 Å². The Morgan fingerprint density at radius 3 is 2.48 bits per heavy atom. The Balaban J connectivity index is 2.43. The minimum Gasteiger partial charge on any atom is -0.292 e. The molecule has 0 bridgehead atoms. The molecule has 5 heteroatoms. The fraction of sp³-hybridized carbons (Fsp3) is 0.125. The van der Waals surface area contributed by atoms with Gasteiger partial charge in [-0.3, -0.25) is 4.79 Å². The van der Waals surface area contributed by atoms with Gasteiger partial charge in [-0.2, -0.15) is 5.26 Å². The topological polar surface area (TPSA) is 40.9 Å². The molecule has 0 heterocycles. The molecule has 2 rings (SSSR count). The molecule has 0 aliphatic heterocycles. The summed E-state index contributed by atoms with van der Waals surface area (Å²) in [4.78, 5) is 12.4. The summed E-state index contributed by atoms with van der Waals surface area (Å²) in [7, 11) is 0. The van der Waals surface area contributed by atoms with Crippen molar-refractivity contribution in [2.75, 3.05) is 0 Å². The number of hydrogen-bond donors (Lipinski definition) is 0. The number of carbonyl (C=O) groups excluding carboxylic acids is 1. The molecule has 0 saturated heterocycles. The van der Waals surface area contributed by atoms with Gasteiger partial charge in [-0.1, -0.05) is 29.3 Å². The van der Waals surface area contributed by atoms with E-state index >= 15 is 0 Å². The van der Waals surface area contributed by atoms with Crippen LogP contribution in [0.2, 0.25) is 10.0 Å². The zero-order valence-electron chi connectivity index (χ0n) is 11.0. The molecule has 0 fully saturated rings. The maximum absolute atomic E-state index is 13.4. The summed E-state index contributed by atoms with van der Waals surface area (Å²) in [5.74, 6) is -2.04. The van der Waals surface area contributed by atoms with Gasteiger partial charge in [-0.15, -0.1) is 0 Å². The predicted octanol–water partition coefficient (Wildman–Crippen LogP) is 4.93. The van der Waals surface area contributed by atoms with Crippen molar-refractivity contribution in [1.29, 1.82) is 5.26 Å². The van der Waals surface area contributed by atoms with Crippen LogP contribution in [0.1, 0.15) is 27.4 Å². The van der Waals surface area contributed by atoms with Crippen LogP contribution in [0.3, 0.4) is 0 Å². The van der Waals surface area contributed by atoms with Crippen LogP contribution in [0.4, 0.5) is 4.39 Å². The number of hydrogen-bond acceptors (Lipinski definition) is 2. The summed E-state index contributed by atoms with van der Waals surface area (Å²) < 4.78 is 13.4. The Labute approximate surface area is 131 Å². The molecule has 0 amide bonds. The van der Waals surface area contributed by atoms with Gasteiger partial charge >= 0.3 is 0 Å². The number of aryl methyl sites for hydroxylation is 1. The van der Waals surface area contributed by atoms with Crippen LogP contribution >= 0.6 is 23.2 Å². The van der Waals surface area contributed by atoms with E-state index < -0.39 is 17.5 Å². The monoisotopic (exact) mass is 321 g/mol. The highest BCUT2D eigenvalue weighted by Crippen LogP contribution is 2.28. The third-order valence-corrected chi connectivity index (χ3v) is 3.73. The lowest BCUT2D eigenvalue weighted by Crippen LogP contribution is -2.12. The highest BCUT2D eigenvalue weighted by atomic mass is 35.5. The smallest absolute Gasteiger partial charge is 0.184 e. The SMILES string of the molecule is Cc1cc(F)cc(C(=O)C(C#N)c2ccc(Cl)c(Cl)c2)c1. The number of Topliss-reactive ketones (excluding diaryl/α,β-unsaturated/α-hetero) is 1. The van der Waals surface area contributed by atoms with Crippen molar-refractivity contribution in [1.82, 2.24) is 0 Å². The van der Waals surface area contributed by atoms with E-state index in [-0.39, 0.29) is 10.6 Å². The number of halogens is 3. The fourth-order valence-corrected chi connectivity index (χ4v) is 2.33. The number of carbonyl (C=O) groups is 1. The zero-order chi connectivity index (χ0) is 15.6. The summed E-state index contributed by atoms with van der Waals surface area (Å²) >= 11 is 11.7. The third kappa shape index (κ3) is 3.41. The number of rotatable bonds is 3. The molecular weight excluding hydrogens is 312 g/mol. The maximum Gasteiger partial charge on any atom is 0.184 e. The van der Waals surface area contributed by atoms with Crippen LogP contribution < -0.4 is 0 Å². The van der Waals surface area contributed by atoms with Gasteiger partial charge in [0.1, 0.15) is 11.7 Å². The molecule has 1 atom stereocenters. The van der Waals surface area contributed by atoms with Crippen LogP contribution in [0.15, 0.2) is 36.4 Å². The average Bonchev–Trinajstić information content (AvgIpc) is 2.42. The molecule has 0 N–H and O–H groups in total. The van der Waals surface area contributed by atoms with E-state index in [4.69, 9.17) is 23.2 Å². The molecule has 21 heavy (non-hydrogen) atoms.